The maximum atomic E-state index is 9.54. The van der Waals surface area contributed by atoms with E-state index >= 15 is 0 Å². The van der Waals surface area contributed by atoms with Crippen LogP contribution in [0.4, 0.5) is 5.69 Å². The fourth-order valence-electron chi connectivity index (χ4n) is 3.49. The van der Waals surface area contributed by atoms with Crippen molar-refractivity contribution in [1.29, 1.82) is 5.26 Å². The Morgan fingerprint density at radius 1 is 1.00 bits per heavy atom. The van der Waals surface area contributed by atoms with Crippen molar-refractivity contribution in [3.8, 4) is 11.8 Å². The van der Waals surface area contributed by atoms with Crippen molar-refractivity contribution in [2.75, 3.05) is 31.1 Å². The number of aromatic hydroxyl groups is 1. The van der Waals surface area contributed by atoms with Gasteiger partial charge in [-0.2, -0.15) is 5.26 Å². The lowest BCUT2D eigenvalue weighted by atomic mass is 10.1. The van der Waals surface area contributed by atoms with Crippen LogP contribution in [0.25, 0.3) is 5.52 Å². The number of piperazine rings is 1. The van der Waals surface area contributed by atoms with E-state index in [0.29, 0.717) is 5.75 Å². The van der Waals surface area contributed by atoms with Crippen molar-refractivity contribution in [1.82, 2.24) is 9.30 Å². The fraction of sp³-hybridized carbons (Fsp3) is 0.250. The molecule has 0 atom stereocenters. The molecule has 0 amide bonds. The van der Waals surface area contributed by atoms with Crippen LogP contribution in [-0.4, -0.2) is 40.6 Å². The second-order valence-corrected chi connectivity index (χ2v) is 6.41. The lowest BCUT2D eigenvalue weighted by Crippen LogP contribution is -2.46. The minimum Gasteiger partial charge on any atom is -0.508 e. The van der Waals surface area contributed by atoms with Crippen LogP contribution in [0.15, 0.2) is 54.9 Å². The van der Waals surface area contributed by atoms with Gasteiger partial charge in [0.05, 0.1) is 11.1 Å². The number of hydrogen-bond acceptors (Lipinski definition) is 4. The lowest BCUT2D eigenvalue weighted by molar-refractivity contribution is 0.250. The quantitative estimate of drug-likeness (QED) is 0.801. The van der Waals surface area contributed by atoms with Crippen LogP contribution in [0.3, 0.4) is 0 Å². The van der Waals surface area contributed by atoms with Crippen molar-refractivity contribution in [2.24, 2.45) is 0 Å². The Labute approximate surface area is 146 Å². The number of rotatable bonds is 3. The van der Waals surface area contributed by atoms with E-state index < -0.39 is 0 Å². The van der Waals surface area contributed by atoms with Crippen LogP contribution in [0.5, 0.6) is 5.75 Å². The zero-order valence-corrected chi connectivity index (χ0v) is 14.0. The van der Waals surface area contributed by atoms with Crippen molar-refractivity contribution in [2.45, 2.75) is 6.54 Å². The van der Waals surface area contributed by atoms with Gasteiger partial charge < -0.3 is 14.4 Å². The van der Waals surface area contributed by atoms with Gasteiger partial charge in [-0.1, -0.05) is 6.07 Å². The van der Waals surface area contributed by atoms with E-state index in [-0.39, 0.29) is 0 Å². The van der Waals surface area contributed by atoms with Crippen LogP contribution < -0.4 is 4.90 Å². The van der Waals surface area contributed by atoms with Gasteiger partial charge in [0.25, 0.3) is 0 Å². The zero-order chi connectivity index (χ0) is 17.2. The summed E-state index contributed by atoms with van der Waals surface area (Å²) in [4.78, 5) is 4.73. The molecule has 1 aromatic carbocycles. The van der Waals surface area contributed by atoms with Crippen molar-refractivity contribution >= 4 is 11.2 Å². The zero-order valence-electron chi connectivity index (χ0n) is 14.0. The summed E-state index contributed by atoms with van der Waals surface area (Å²) >= 11 is 0. The Morgan fingerprint density at radius 2 is 1.76 bits per heavy atom. The Balaban J connectivity index is 1.45. The second kappa shape index (κ2) is 6.50. The third-order valence-corrected chi connectivity index (χ3v) is 4.86. The van der Waals surface area contributed by atoms with Crippen LogP contribution in [-0.2, 0) is 6.54 Å². The average molecular weight is 332 g/mol. The van der Waals surface area contributed by atoms with Crippen LogP contribution in [0, 0.1) is 11.3 Å². The summed E-state index contributed by atoms with van der Waals surface area (Å²) in [6, 6.07) is 15.7. The normalized spacial score (nSPS) is 15.4. The van der Waals surface area contributed by atoms with Gasteiger partial charge in [-0.15, -0.1) is 0 Å². The average Bonchev–Trinajstić information content (AvgIpc) is 3.00. The highest BCUT2D eigenvalue weighted by Crippen LogP contribution is 2.22. The second-order valence-electron chi connectivity index (χ2n) is 6.41. The van der Waals surface area contributed by atoms with Crippen LogP contribution >= 0.6 is 0 Å². The fourth-order valence-corrected chi connectivity index (χ4v) is 3.49. The van der Waals surface area contributed by atoms with Crippen molar-refractivity contribution in [3.63, 3.8) is 0 Å². The van der Waals surface area contributed by atoms with Gasteiger partial charge >= 0.3 is 0 Å². The Morgan fingerprint density at radius 3 is 2.48 bits per heavy atom. The largest absolute Gasteiger partial charge is 0.508 e. The third kappa shape index (κ3) is 3.04. The molecule has 5 heteroatoms. The number of nitriles is 1. The van der Waals surface area contributed by atoms with Gasteiger partial charge in [-0.3, -0.25) is 4.90 Å². The van der Waals surface area contributed by atoms with Crippen LogP contribution in [0.2, 0.25) is 0 Å². The molecule has 1 aliphatic rings. The molecule has 0 radical (unpaired) electrons. The summed E-state index contributed by atoms with van der Waals surface area (Å²) in [5.74, 6) is 0.298. The van der Waals surface area contributed by atoms with Gasteiger partial charge in [0, 0.05) is 56.4 Å². The molecular weight excluding hydrogens is 312 g/mol. The summed E-state index contributed by atoms with van der Waals surface area (Å²) in [7, 11) is 0. The van der Waals surface area contributed by atoms with Crippen molar-refractivity contribution < 1.29 is 5.11 Å². The van der Waals surface area contributed by atoms with E-state index in [1.807, 2.05) is 40.9 Å². The first-order valence-electron chi connectivity index (χ1n) is 8.49. The van der Waals surface area contributed by atoms with E-state index in [1.54, 1.807) is 12.1 Å². The number of phenols is 1. The summed E-state index contributed by atoms with van der Waals surface area (Å²) in [5, 5.41) is 19.0. The Hall–Kier alpha value is -2.97. The first-order chi connectivity index (χ1) is 12.2. The molecule has 2 aromatic heterocycles. The smallest absolute Gasteiger partial charge is 0.115 e. The number of hydrogen-bond donors (Lipinski definition) is 1. The minimum atomic E-state index is 0.298. The minimum absolute atomic E-state index is 0.298. The topological polar surface area (TPSA) is 54.9 Å². The number of phenolic OH excluding ortho intramolecular Hbond substituents is 1. The molecule has 1 saturated heterocycles. The summed E-state index contributed by atoms with van der Waals surface area (Å²) in [6.07, 6.45) is 4.06. The summed E-state index contributed by atoms with van der Waals surface area (Å²) in [5.41, 5.74) is 3.99. The molecule has 3 aromatic rings. The molecule has 1 fully saturated rings. The van der Waals surface area contributed by atoms with Gasteiger partial charge in [-0.05, 0) is 36.4 Å². The van der Waals surface area contributed by atoms with Gasteiger partial charge in [0.1, 0.15) is 11.8 Å². The number of fused-ring (bicyclic) bond motifs is 1. The van der Waals surface area contributed by atoms with E-state index in [1.165, 1.54) is 0 Å². The monoisotopic (exact) mass is 332 g/mol. The van der Waals surface area contributed by atoms with E-state index in [4.69, 9.17) is 0 Å². The maximum Gasteiger partial charge on any atom is 0.115 e. The molecule has 1 aliphatic heterocycles. The summed E-state index contributed by atoms with van der Waals surface area (Å²) < 4.78 is 2.03. The molecule has 25 heavy (non-hydrogen) atoms. The van der Waals surface area contributed by atoms with Gasteiger partial charge in [0.2, 0.25) is 0 Å². The highest BCUT2D eigenvalue weighted by Gasteiger charge is 2.19. The molecule has 0 saturated carbocycles. The van der Waals surface area contributed by atoms with E-state index in [0.717, 1.165) is 55.1 Å². The first-order valence-corrected chi connectivity index (χ1v) is 8.49. The molecule has 4 rings (SSSR count). The first kappa shape index (κ1) is 15.6. The van der Waals surface area contributed by atoms with E-state index in [9.17, 15) is 10.4 Å². The predicted molar refractivity (Wildman–Crippen MR) is 97.7 cm³/mol. The lowest BCUT2D eigenvalue weighted by Gasteiger charge is -2.36. The molecule has 0 bridgehead atoms. The molecule has 126 valence electrons. The Bertz CT molecular complexity index is 915. The number of aromatic nitrogens is 1. The molecular formula is C20H20N4O. The molecule has 0 spiro atoms. The van der Waals surface area contributed by atoms with Crippen LogP contribution in [0.1, 0.15) is 11.1 Å². The predicted octanol–water partition coefficient (Wildman–Crippen LogP) is 2.84. The maximum absolute atomic E-state index is 9.54. The highest BCUT2D eigenvalue weighted by molar-refractivity contribution is 5.65. The number of benzene rings is 1. The number of anilines is 1. The molecule has 0 unspecified atom stereocenters. The third-order valence-electron chi connectivity index (χ3n) is 4.86. The van der Waals surface area contributed by atoms with Gasteiger partial charge in [-0.25, -0.2) is 0 Å². The molecule has 3 heterocycles. The molecule has 5 nitrogen and oxygen atoms in total. The van der Waals surface area contributed by atoms with Gasteiger partial charge in [0.15, 0.2) is 0 Å². The Kier molecular flexibility index (Phi) is 4.04. The SMILES string of the molecule is N#Cc1c(CN2CCN(c3ccc(O)cc3)CC2)cn2ccccc12. The number of pyridine rings is 1. The standard InChI is InChI=1S/C20H20N4O/c21-13-19-16(15-24-8-2-1-3-20(19)24)14-22-9-11-23(12-10-22)17-4-6-18(25)7-5-17/h1-8,15,25H,9-12,14H2. The van der Waals surface area contributed by atoms with E-state index in [2.05, 4.69) is 22.1 Å². The summed E-state index contributed by atoms with van der Waals surface area (Å²) in [6.45, 7) is 4.60. The molecule has 0 aliphatic carbocycles. The van der Waals surface area contributed by atoms with Crippen molar-refractivity contribution in [3.05, 3.63) is 66.0 Å². The number of nitrogens with zero attached hydrogens (tertiary/aromatic N) is 4. The highest BCUT2D eigenvalue weighted by atomic mass is 16.3. The molecule has 1 N–H and O–H groups in total.